The fourth-order valence-electron chi connectivity index (χ4n) is 2.87. The van der Waals surface area contributed by atoms with Crippen molar-refractivity contribution in [2.75, 3.05) is 11.1 Å². The van der Waals surface area contributed by atoms with Gasteiger partial charge in [-0.3, -0.25) is 14.0 Å². The summed E-state index contributed by atoms with van der Waals surface area (Å²) in [6.45, 7) is 3.65. The number of hydrogen-bond acceptors (Lipinski definition) is 5. The molecule has 1 amide bonds. The number of nitrogens with one attached hydrogen (secondary N) is 1. The molecule has 0 fully saturated rings. The van der Waals surface area contributed by atoms with Gasteiger partial charge in [0.15, 0.2) is 0 Å². The normalized spacial score (nSPS) is 24.5. The summed E-state index contributed by atoms with van der Waals surface area (Å²) in [6.07, 6.45) is 1.50. The van der Waals surface area contributed by atoms with Crippen LogP contribution < -0.4 is 11.1 Å². The maximum absolute atomic E-state index is 14.4. The number of anilines is 1. The molecule has 3 rings (SSSR count). The van der Waals surface area contributed by atoms with E-state index in [1.165, 1.54) is 24.3 Å². The first-order chi connectivity index (χ1) is 13.2. The zero-order valence-corrected chi connectivity index (χ0v) is 16.2. The lowest BCUT2D eigenvalue weighted by Crippen LogP contribution is -2.49. The van der Waals surface area contributed by atoms with E-state index >= 15 is 0 Å². The molecule has 9 heteroatoms. The molecular weight excluding hydrogens is 386 g/mol. The van der Waals surface area contributed by atoms with Crippen LogP contribution in [0.3, 0.4) is 0 Å². The second-order valence-electron chi connectivity index (χ2n) is 6.68. The molecule has 6 nitrogen and oxygen atoms in total. The van der Waals surface area contributed by atoms with Gasteiger partial charge in [0.2, 0.25) is 0 Å². The molecule has 28 heavy (non-hydrogen) atoms. The van der Waals surface area contributed by atoms with Gasteiger partial charge in [0.25, 0.3) is 5.91 Å². The fourth-order valence-corrected chi connectivity index (χ4v) is 4.39. The van der Waals surface area contributed by atoms with E-state index in [0.717, 1.165) is 12.3 Å². The minimum atomic E-state index is -1.32. The van der Waals surface area contributed by atoms with Crippen LogP contribution >= 0.6 is 0 Å². The number of carbonyl (C=O) groups is 1. The maximum atomic E-state index is 14.4. The van der Waals surface area contributed by atoms with Crippen LogP contribution in [0.25, 0.3) is 0 Å². The van der Waals surface area contributed by atoms with Crippen LogP contribution in [0.1, 0.15) is 42.4 Å². The summed E-state index contributed by atoms with van der Waals surface area (Å²) >= 11 is 0. The Labute approximate surface area is 163 Å². The number of pyridine rings is 1. The van der Waals surface area contributed by atoms with Gasteiger partial charge in [-0.2, -0.15) is 0 Å². The molecule has 3 N–H and O–H groups in total. The Morgan fingerprint density at radius 1 is 1.36 bits per heavy atom. The monoisotopic (exact) mass is 406 g/mol. The molecule has 148 valence electrons. The number of nitrogens with zero attached hydrogens (tertiary/aromatic N) is 2. The van der Waals surface area contributed by atoms with Gasteiger partial charge in [-0.05, 0) is 43.7 Å². The number of nitrogens with two attached hydrogens (primary N) is 1. The number of halogens is 2. The van der Waals surface area contributed by atoms with Crippen molar-refractivity contribution in [2.24, 2.45) is 10.7 Å². The van der Waals surface area contributed by atoms with Gasteiger partial charge in [-0.25, -0.2) is 13.8 Å². The van der Waals surface area contributed by atoms with Crippen molar-refractivity contribution in [1.82, 2.24) is 4.98 Å². The Bertz CT molecular complexity index is 965. The van der Waals surface area contributed by atoms with Crippen molar-refractivity contribution in [1.29, 1.82) is 0 Å². The molecular formula is C19H20F2N4O2S. The Morgan fingerprint density at radius 3 is 2.71 bits per heavy atom. The lowest BCUT2D eigenvalue weighted by atomic mass is 10.0. The van der Waals surface area contributed by atoms with E-state index in [9.17, 15) is 17.8 Å². The summed E-state index contributed by atoms with van der Waals surface area (Å²) in [6, 6.07) is 5.69. The summed E-state index contributed by atoms with van der Waals surface area (Å²) in [4.78, 5) is 20.3. The minimum absolute atomic E-state index is 0.0204. The largest absolute Gasteiger partial charge is 0.386 e. The molecule has 0 radical (unpaired) electrons. The first kappa shape index (κ1) is 20.1. The van der Waals surface area contributed by atoms with Crippen molar-refractivity contribution in [3.63, 3.8) is 0 Å². The highest BCUT2D eigenvalue weighted by atomic mass is 32.2. The van der Waals surface area contributed by atoms with Gasteiger partial charge in [0, 0.05) is 22.1 Å². The number of benzene rings is 1. The zero-order valence-electron chi connectivity index (χ0n) is 15.4. The van der Waals surface area contributed by atoms with Crippen molar-refractivity contribution in [3.05, 3.63) is 59.4 Å². The summed E-state index contributed by atoms with van der Waals surface area (Å²) in [5.74, 6) is -1.28. The average molecular weight is 406 g/mol. The van der Waals surface area contributed by atoms with E-state index in [1.54, 1.807) is 6.92 Å². The van der Waals surface area contributed by atoms with Crippen molar-refractivity contribution >= 4 is 28.2 Å². The fraction of sp³-hybridized carbons (Fsp3) is 0.316. The Kier molecular flexibility index (Phi) is 5.55. The second-order valence-corrected chi connectivity index (χ2v) is 8.60. The van der Waals surface area contributed by atoms with Gasteiger partial charge in [-0.15, -0.1) is 0 Å². The van der Waals surface area contributed by atoms with Crippen LogP contribution in [0.2, 0.25) is 0 Å². The minimum Gasteiger partial charge on any atom is -0.386 e. The first-order valence-corrected chi connectivity index (χ1v) is 10.0. The predicted octanol–water partition coefficient (Wildman–Crippen LogP) is 2.94. The molecule has 1 aromatic carbocycles. The van der Waals surface area contributed by atoms with Crippen molar-refractivity contribution in [2.45, 2.75) is 31.1 Å². The molecule has 0 saturated carbocycles. The molecule has 1 aliphatic heterocycles. The van der Waals surface area contributed by atoms with Gasteiger partial charge in [0.05, 0.1) is 22.7 Å². The van der Waals surface area contributed by atoms with E-state index < -0.39 is 39.1 Å². The number of aliphatic imine (C=N–C) groups is 1. The number of carbonyl (C=O) groups excluding carboxylic acids is 1. The standard InChI is InChI=1S/C19H20F2N4O2S/c1-3-19(2)18(22)25-16(10-28(19)27)13-8-12(5-6-14(13)21)24-17(26)15-7-4-11(20)9-23-15/h4-9,16H,3,10H2,1-2H3,(H2,22,25)(H,24,26)/t16-,19+,28?/m0/s1. The van der Waals surface area contributed by atoms with Crippen LogP contribution in [0.5, 0.6) is 0 Å². The number of rotatable bonds is 4. The molecule has 2 heterocycles. The quantitative estimate of drug-likeness (QED) is 0.816. The highest BCUT2D eigenvalue weighted by Crippen LogP contribution is 2.33. The smallest absolute Gasteiger partial charge is 0.274 e. The van der Waals surface area contributed by atoms with E-state index in [1.807, 2.05) is 6.92 Å². The van der Waals surface area contributed by atoms with Gasteiger partial charge >= 0.3 is 0 Å². The summed E-state index contributed by atoms with van der Waals surface area (Å²) in [5, 5.41) is 2.59. The molecule has 0 saturated heterocycles. The third-order valence-corrected chi connectivity index (χ3v) is 7.02. The van der Waals surface area contributed by atoms with Crippen LogP contribution in [0.4, 0.5) is 14.5 Å². The zero-order chi connectivity index (χ0) is 20.5. The predicted molar refractivity (Wildman–Crippen MR) is 105 cm³/mol. The molecule has 2 aromatic rings. The Hall–Kier alpha value is -2.68. The Balaban J connectivity index is 1.87. The average Bonchev–Trinajstić information content (AvgIpc) is 2.67. The van der Waals surface area contributed by atoms with Gasteiger partial charge in [-0.1, -0.05) is 6.92 Å². The SMILES string of the molecule is CC[C@]1(C)C(N)=N[C@H](c2cc(NC(=O)c3ccc(F)cn3)ccc2F)CS1=O. The number of amidine groups is 1. The highest BCUT2D eigenvalue weighted by Gasteiger charge is 2.40. The molecule has 0 bridgehead atoms. The highest BCUT2D eigenvalue weighted by molar-refractivity contribution is 7.87. The molecule has 1 unspecified atom stereocenters. The molecule has 3 atom stereocenters. The topological polar surface area (TPSA) is 97.4 Å². The van der Waals surface area contributed by atoms with Gasteiger partial charge in [0.1, 0.15) is 23.2 Å². The van der Waals surface area contributed by atoms with Crippen LogP contribution in [0, 0.1) is 11.6 Å². The maximum Gasteiger partial charge on any atom is 0.274 e. The second kappa shape index (κ2) is 7.75. The number of aromatic nitrogens is 1. The number of hydrogen-bond donors (Lipinski definition) is 2. The van der Waals surface area contributed by atoms with E-state index in [4.69, 9.17) is 5.73 Å². The summed E-state index contributed by atoms with van der Waals surface area (Å²) in [5.41, 5.74) is 6.55. The third kappa shape index (κ3) is 3.80. The van der Waals surface area contributed by atoms with Gasteiger partial charge < -0.3 is 11.1 Å². The van der Waals surface area contributed by atoms with E-state index in [2.05, 4.69) is 15.3 Å². The summed E-state index contributed by atoms with van der Waals surface area (Å²) in [7, 11) is -1.32. The Morgan fingerprint density at radius 2 is 2.11 bits per heavy atom. The van der Waals surface area contributed by atoms with Crippen molar-refractivity contribution < 1.29 is 17.8 Å². The molecule has 0 spiro atoms. The van der Waals surface area contributed by atoms with Crippen molar-refractivity contribution in [3.8, 4) is 0 Å². The van der Waals surface area contributed by atoms with Crippen LogP contribution in [-0.2, 0) is 10.8 Å². The summed E-state index contributed by atoms with van der Waals surface area (Å²) < 4.78 is 39.3. The first-order valence-electron chi connectivity index (χ1n) is 8.69. The van der Waals surface area contributed by atoms with E-state index in [0.29, 0.717) is 12.1 Å². The molecule has 0 aliphatic carbocycles. The third-order valence-electron chi connectivity index (χ3n) is 4.90. The van der Waals surface area contributed by atoms with E-state index in [-0.39, 0.29) is 22.8 Å². The molecule has 1 aliphatic rings. The number of amides is 1. The van der Waals surface area contributed by atoms with Crippen LogP contribution in [0.15, 0.2) is 41.5 Å². The van der Waals surface area contributed by atoms with Crippen LogP contribution in [-0.4, -0.2) is 31.4 Å². The lowest BCUT2D eigenvalue weighted by molar-refractivity contribution is 0.102. The molecule has 1 aromatic heterocycles. The lowest BCUT2D eigenvalue weighted by Gasteiger charge is -2.33.